The molecule has 1 saturated heterocycles. The summed E-state index contributed by atoms with van der Waals surface area (Å²) in [5.41, 5.74) is 0.491. The van der Waals surface area contributed by atoms with Gasteiger partial charge in [0.2, 0.25) is 5.88 Å². The van der Waals surface area contributed by atoms with Gasteiger partial charge in [-0.1, -0.05) is 29.3 Å². The molecule has 3 rings (SSSR count). The van der Waals surface area contributed by atoms with E-state index in [9.17, 15) is 4.79 Å². The Hall–Kier alpha value is -1.24. The van der Waals surface area contributed by atoms with E-state index in [-0.39, 0.29) is 36.8 Å². The number of piperidine rings is 1. The monoisotopic (exact) mass is 437 g/mol. The molecule has 0 aliphatic carbocycles. The summed E-state index contributed by atoms with van der Waals surface area (Å²) in [5.74, 6) is 0.626. The summed E-state index contributed by atoms with van der Waals surface area (Å²) in [5, 5.41) is 7.00. The summed E-state index contributed by atoms with van der Waals surface area (Å²) in [7, 11) is 0. The zero-order valence-corrected chi connectivity index (χ0v) is 16.9. The van der Waals surface area contributed by atoms with E-state index in [1.165, 1.54) is 6.20 Å². The van der Waals surface area contributed by atoms with E-state index in [4.69, 9.17) is 27.9 Å². The largest absolute Gasteiger partial charge is 0.437 e. The maximum atomic E-state index is 12.2. The first-order valence-corrected chi connectivity index (χ1v) is 8.48. The molecule has 9 heteroatoms. The molecule has 142 valence electrons. The quantitative estimate of drug-likeness (QED) is 0.737. The molecule has 2 heterocycles. The molecule has 2 aromatic rings. The predicted molar refractivity (Wildman–Crippen MR) is 109 cm³/mol. The first-order valence-electron chi connectivity index (χ1n) is 7.73. The zero-order valence-electron chi connectivity index (χ0n) is 13.7. The number of aromatic nitrogens is 1. The Morgan fingerprint density at radius 1 is 1.23 bits per heavy atom. The van der Waals surface area contributed by atoms with Crippen molar-refractivity contribution >= 4 is 53.9 Å². The number of amides is 1. The van der Waals surface area contributed by atoms with Gasteiger partial charge in [0.1, 0.15) is 10.8 Å². The molecular formula is C17H19Cl4N3O2. The van der Waals surface area contributed by atoms with Gasteiger partial charge in [0.25, 0.3) is 5.91 Å². The Bertz CT molecular complexity index is 722. The van der Waals surface area contributed by atoms with Crippen LogP contribution >= 0.6 is 48.0 Å². The Morgan fingerprint density at radius 3 is 2.69 bits per heavy atom. The first-order chi connectivity index (χ1) is 11.6. The second-order valence-electron chi connectivity index (χ2n) is 5.56. The van der Waals surface area contributed by atoms with Gasteiger partial charge in [0.05, 0.1) is 10.6 Å². The molecule has 1 aliphatic rings. The number of rotatable bonds is 4. The number of hydrogen-bond acceptors (Lipinski definition) is 4. The summed E-state index contributed by atoms with van der Waals surface area (Å²) in [6.07, 6.45) is 3.54. The number of ether oxygens (including phenoxy) is 1. The van der Waals surface area contributed by atoms with Crippen molar-refractivity contribution in [3.8, 4) is 11.6 Å². The molecule has 1 aromatic carbocycles. The van der Waals surface area contributed by atoms with Gasteiger partial charge < -0.3 is 15.4 Å². The highest BCUT2D eigenvalue weighted by Gasteiger charge is 2.16. The third-order valence-corrected chi connectivity index (χ3v) is 4.56. The highest BCUT2D eigenvalue weighted by molar-refractivity contribution is 6.42. The smallest absolute Gasteiger partial charge is 0.253 e. The third kappa shape index (κ3) is 5.89. The molecule has 2 N–H and O–H groups in total. The van der Waals surface area contributed by atoms with Crippen LogP contribution < -0.4 is 15.4 Å². The van der Waals surface area contributed by atoms with Gasteiger partial charge >= 0.3 is 0 Å². The number of nitrogens with one attached hydrogen (secondary N) is 2. The van der Waals surface area contributed by atoms with E-state index in [0.717, 1.165) is 25.9 Å². The number of carbonyl (C=O) groups excluding carboxylic acids is 1. The van der Waals surface area contributed by atoms with Crippen molar-refractivity contribution < 1.29 is 9.53 Å². The molecule has 0 bridgehead atoms. The maximum absolute atomic E-state index is 12.2. The molecular weight excluding hydrogens is 420 g/mol. The first kappa shape index (κ1) is 22.8. The van der Waals surface area contributed by atoms with Crippen molar-refractivity contribution in [2.45, 2.75) is 18.9 Å². The van der Waals surface area contributed by atoms with Crippen LogP contribution in [0.3, 0.4) is 0 Å². The zero-order chi connectivity index (χ0) is 16.9. The van der Waals surface area contributed by atoms with E-state index in [2.05, 4.69) is 15.6 Å². The summed E-state index contributed by atoms with van der Waals surface area (Å²) >= 11 is 12.0. The number of benzene rings is 1. The molecule has 1 fully saturated rings. The molecule has 26 heavy (non-hydrogen) atoms. The minimum Gasteiger partial charge on any atom is -0.437 e. The van der Waals surface area contributed by atoms with Crippen molar-refractivity contribution in [3.05, 3.63) is 52.1 Å². The van der Waals surface area contributed by atoms with Gasteiger partial charge in [-0.25, -0.2) is 4.98 Å². The van der Waals surface area contributed by atoms with Crippen molar-refractivity contribution in [1.29, 1.82) is 0 Å². The SMILES string of the molecule is Cl.Cl.O=C(N[C@H]1CCCNC1)c1ccc(Oc2cccc(Cl)c2Cl)nc1. The van der Waals surface area contributed by atoms with Crippen LogP contribution in [0.15, 0.2) is 36.5 Å². The van der Waals surface area contributed by atoms with Crippen molar-refractivity contribution in [3.63, 3.8) is 0 Å². The van der Waals surface area contributed by atoms with Crippen LogP contribution in [0.25, 0.3) is 0 Å². The molecule has 0 unspecified atom stereocenters. The minimum absolute atomic E-state index is 0. The number of carbonyl (C=O) groups is 1. The topological polar surface area (TPSA) is 63.2 Å². The predicted octanol–water partition coefficient (Wildman–Crippen LogP) is 4.51. The molecule has 0 spiro atoms. The fourth-order valence-electron chi connectivity index (χ4n) is 2.49. The second kappa shape index (κ2) is 10.8. The summed E-state index contributed by atoms with van der Waals surface area (Å²) in [4.78, 5) is 16.4. The third-order valence-electron chi connectivity index (χ3n) is 3.76. The van der Waals surface area contributed by atoms with E-state index >= 15 is 0 Å². The van der Waals surface area contributed by atoms with Crippen LogP contribution in [-0.2, 0) is 0 Å². The molecule has 1 aliphatic heterocycles. The Morgan fingerprint density at radius 2 is 2.04 bits per heavy atom. The minimum atomic E-state index is -0.136. The van der Waals surface area contributed by atoms with Crippen LogP contribution in [0, 0.1) is 0 Å². The standard InChI is InChI=1S/C17H17Cl2N3O2.2ClH/c18-13-4-1-5-14(16(13)19)24-15-7-6-11(9-21-15)17(23)22-12-3-2-8-20-10-12;;/h1,4-7,9,12,20H,2-3,8,10H2,(H,22,23);2*1H/t12-;;/m0../s1. The van der Waals surface area contributed by atoms with Crippen LogP contribution in [0.4, 0.5) is 0 Å². The molecule has 0 radical (unpaired) electrons. The summed E-state index contributed by atoms with van der Waals surface area (Å²) < 4.78 is 5.61. The summed E-state index contributed by atoms with van der Waals surface area (Å²) in [6.45, 7) is 1.81. The molecule has 1 aromatic heterocycles. The average Bonchev–Trinajstić information content (AvgIpc) is 2.60. The number of hydrogen-bond donors (Lipinski definition) is 2. The highest BCUT2D eigenvalue weighted by Crippen LogP contribution is 2.33. The lowest BCUT2D eigenvalue weighted by Gasteiger charge is -2.23. The fourth-order valence-corrected chi connectivity index (χ4v) is 2.82. The van der Waals surface area contributed by atoms with Crippen LogP contribution in [0.5, 0.6) is 11.6 Å². The Balaban J connectivity index is 0.00000169. The fraction of sp³-hybridized carbons (Fsp3) is 0.294. The summed E-state index contributed by atoms with van der Waals surface area (Å²) in [6, 6.07) is 8.58. The van der Waals surface area contributed by atoms with Crippen LogP contribution in [-0.4, -0.2) is 30.0 Å². The van der Waals surface area contributed by atoms with Gasteiger partial charge in [-0.15, -0.1) is 24.8 Å². The second-order valence-corrected chi connectivity index (χ2v) is 6.34. The lowest BCUT2D eigenvalue weighted by Crippen LogP contribution is -2.45. The molecule has 0 saturated carbocycles. The normalized spacial score (nSPS) is 16.0. The van der Waals surface area contributed by atoms with Crippen LogP contribution in [0.1, 0.15) is 23.2 Å². The lowest BCUT2D eigenvalue weighted by molar-refractivity contribution is 0.0930. The van der Waals surface area contributed by atoms with Gasteiger partial charge in [-0.2, -0.15) is 0 Å². The van der Waals surface area contributed by atoms with E-state index < -0.39 is 0 Å². The van der Waals surface area contributed by atoms with Crippen LogP contribution in [0.2, 0.25) is 10.0 Å². The molecule has 1 amide bonds. The number of nitrogens with zero attached hydrogens (tertiary/aromatic N) is 1. The Labute approximate surface area is 174 Å². The van der Waals surface area contributed by atoms with Gasteiger partial charge in [0, 0.05) is 24.8 Å². The van der Waals surface area contributed by atoms with E-state index in [1.807, 2.05) is 0 Å². The molecule has 5 nitrogen and oxygen atoms in total. The lowest BCUT2D eigenvalue weighted by atomic mass is 10.1. The number of pyridine rings is 1. The number of halogens is 4. The van der Waals surface area contributed by atoms with Gasteiger partial charge in [-0.05, 0) is 37.6 Å². The maximum Gasteiger partial charge on any atom is 0.253 e. The average molecular weight is 439 g/mol. The Kier molecular flexibility index (Phi) is 9.47. The van der Waals surface area contributed by atoms with E-state index in [1.54, 1.807) is 30.3 Å². The van der Waals surface area contributed by atoms with Gasteiger partial charge in [-0.3, -0.25) is 4.79 Å². The molecule has 1 atom stereocenters. The van der Waals surface area contributed by atoms with Gasteiger partial charge in [0.15, 0.2) is 0 Å². The van der Waals surface area contributed by atoms with Crippen molar-refractivity contribution in [2.24, 2.45) is 0 Å². The van der Waals surface area contributed by atoms with E-state index in [0.29, 0.717) is 27.2 Å². The highest BCUT2D eigenvalue weighted by atomic mass is 35.5. The van der Waals surface area contributed by atoms with Crippen molar-refractivity contribution in [2.75, 3.05) is 13.1 Å². The van der Waals surface area contributed by atoms with Crippen molar-refractivity contribution in [1.82, 2.24) is 15.6 Å².